The SMILES string of the molecule is COc1ccc(C)cc1CNC(=O)CC(C)(C)CN. The molecule has 1 aromatic rings. The Hall–Kier alpha value is -1.55. The summed E-state index contributed by atoms with van der Waals surface area (Å²) in [6, 6.07) is 5.93. The highest BCUT2D eigenvalue weighted by molar-refractivity contribution is 5.76. The number of nitrogens with two attached hydrogens (primary N) is 1. The number of rotatable bonds is 6. The van der Waals surface area contributed by atoms with Crippen LogP contribution in [-0.2, 0) is 11.3 Å². The monoisotopic (exact) mass is 264 g/mol. The van der Waals surface area contributed by atoms with Gasteiger partial charge in [-0.25, -0.2) is 0 Å². The molecule has 0 aliphatic rings. The summed E-state index contributed by atoms with van der Waals surface area (Å²) in [5, 5.41) is 2.92. The second kappa shape index (κ2) is 6.57. The van der Waals surface area contributed by atoms with Crippen molar-refractivity contribution in [2.45, 2.75) is 33.7 Å². The van der Waals surface area contributed by atoms with Gasteiger partial charge in [0, 0.05) is 18.5 Å². The summed E-state index contributed by atoms with van der Waals surface area (Å²) in [5.41, 5.74) is 7.59. The number of amides is 1. The third-order valence-corrected chi connectivity index (χ3v) is 3.10. The van der Waals surface area contributed by atoms with E-state index in [-0.39, 0.29) is 11.3 Å². The van der Waals surface area contributed by atoms with E-state index in [0.717, 1.165) is 16.9 Å². The van der Waals surface area contributed by atoms with Crippen LogP contribution in [0.2, 0.25) is 0 Å². The van der Waals surface area contributed by atoms with Gasteiger partial charge < -0.3 is 15.8 Å². The van der Waals surface area contributed by atoms with Crippen molar-refractivity contribution in [1.29, 1.82) is 0 Å². The fourth-order valence-corrected chi connectivity index (χ4v) is 1.81. The van der Waals surface area contributed by atoms with Crippen LogP contribution in [0.5, 0.6) is 5.75 Å². The summed E-state index contributed by atoms with van der Waals surface area (Å²) >= 11 is 0. The molecule has 19 heavy (non-hydrogen) atoms. The van der Waals surface area contributed by atoms with Gasteiger partial charge in [0.1, 0.15) is 5.75 Å². The molecule has 0 atom stereocenters. The molecule has 0 saturated heterocycles. The van der Waals surface area contributed by atoms with Gasteiger partial charge in [-0.3, -0.25) is 4.79 Å². The Morgan fingerprint density at radius 1 is 1.42 bits per heavy atom. The first-order valence-electron chi connectivity index (χ1n) is 6.48. The minimum absolute atomic E-state index is 0.0130. The molecular weight excluding hydrogens is 240 g/mol. The van der Waals surface area contributed by atoms with Gasteiger partial charge in [0.2, 0.25) is 5.91 Å². The number of aryl methyl sites for hydroxylation is 1. The maximum Gasteiger partial charge on any atom is 0.220 e. The zero-order chi connectivity index (χ0) is 14.5. The number of hydrogen-bond acceptors (Lipinski definition) is 3. The van der Waals surface area contributed by atoms with Crippen molar-refractivity contribution in [3.63, 3.8) is 0 Å². The van der Waals surface area contributed by atoms with Crippen LogP contribution in [0, 0.1) is 12.3 Å². The lowest BCUT2D eigenvalue weighted by molar-refractivity contribution is -0.123. The molecule has 4 nitrogen and oxygen atoms in total. The topological polar surface area (TPSA) is 64.3 Å². The molecule has 0 aliphatic carbocycles. The summed E-state index contributed by atoms with van der Waals surface area (Å²) in [6.45, 7) is 6.96. The largest absolute Gasteiger partial charge is 0.496 e. The number of benzene rings is 1. The quantitative estimate of drug-likeness (QED) is 0.826. The van der Waals surface area contributed by atoms with Crippen molar-refractivity contribution in [3.8, 4) is 5.75 Å². The molecule has 0 spiro atoms. The van der Waals surface area contributed by atoms with Crippen molar-refractivity contribution in [2.75, 3.05) is 13.7 Å². The van der Waals surface area contributed by atoms with Crippen LogP contribution >= 0.6 is 0 Å². The Labute approximate surface area is 115 Å². The lowest BCUT2D eigenvalue weighted by atomic mass is 9.89. The van der Waals surface area contributed by atoms with Gasteiger partial charge in [0.15, 0.2) is 0 Å². The first-order chi connectivity index (χ1) is 8.88. The van der Waals surface area contributed by atoms with Crippen LogP contribution in [0.4, 0.5) is 0 Å². The summed E-state index contributed by atoms with van der Waals surface area (Å²) in [5.74, 6) is 0.808. The van der Waals surface area contributed by atoms with Crippen molar-refractivity contribution in [2.24, 2.45) is 11.1 Å². The molecule has 1 rings (SSSR count). The molecule has 0 bridgehead atoms. The number of methoxy groups -OCH3 is 1. The molecular formula is C15H24N2O2. The maximum absolute atomic E-state index is 11.9. The minimum atomic E-state index is -0.166. The predicted octanol–water partition coefficient (Wildman–Crippen LogP) is 1.99. The van der Waals surface area contributed by atoms with E-state index < -0.39 is 0 Å². The molecule has 0 radical (unpaired) electrons. The third kappa shape index (κ3) is 4.91. The van der Waals surface area contributed by atoms with Gasteiger partial charge >= 0.3 is 0 Å². The van der Waals surface area contributed by atoms with Crippen LogP contribution in [0.25, 0.3) is 0 Å². The fraction of sp³-hybridized carbons (Fsp3) is 0.533. The molecule has 3 N–H and O–H groups in total. The molecule has 106 valence electrons. The maximum atomic E-state index is 11.9. The lowest BCUT2D eigenvalue weighted by Crippen LogP contribution is -2.32. The van der Waals surface area contributed by atoms with Crippen LogP contribution < -0.4 is 15.8 Å². The normalized spacial score (nSPS) is 11.2. The van der Waals surface area contributed by atoms with Crippen LogP contribution in [-0.4, -0.2) is 19.6 Å². The van der Waals surface area contributed by atoms with Crippen molar-refractivity contribution in [3.05, 3.63) is 29.3 Å². The van der Waals surface area contributed by atoms with E-state index in [4.69, 9.17) is 10.5 Å². The van der Waals surface area contributed by atoms with E-state index in [9.17, 15) is 4.79 Å². The molecule has 0 fully saturated rings. The van der Waals surface area contributed by atoms with Gasteiger partial charge in [-0.2, -0.15) is 0 Å². The molecule has 0 saturated carbocycles. The van der Waals surface area contributed by atoms with E-state index >= 15 is 0 Å². The third-order valence-electron chi connectivity index (χ3n) is 3.10. The fourth-order valence-electron chi connectivity index (χ4n) is 1.81. The highest BCUT2D eigenvalue weighted by atomic mass is 16.5. The number of nitrogens with one attached hydrogen (secondary N) is 1. The summed E-state index contributed by atoms with van der Waals surface area (Å²) in [6.07, 6.45) is 0.428. The van der Waals surface area contributed by atoms with Gasteiger partial charge in [0.25, 0.3) is 0 Å². The minimum Gasteiger partial charge on any atom is -0.496 e. The Morgan fingerprint density at radius 2 is 2.11 bits per heavy atom. The van der Waals surface area contributed by atoms with E-state index in [1.165, 1.54) is 0 Å². The highest BCUT2D eigenvalue weighted by Gasteiger charge is 2.20. The first kappa shape index (κ1) is 15.5. The number of carbonyl (C=O) groups excluding carboxylic acids is 1. The molecule has 0 aromatic heterocycles. The van der Waals surface area contributed by atoms with E-state index in [1.54, 1.807) is 7.11 Å². The first-order valence-corrected chi connectivity index (χ1v) is 6.48. The molecule has 0 unspecified atom stereocenters. The van der Waals surface area contributed by atoms with Gasteiger partial charge in [-0.05, 0) is 24.9 Å². The van der Waals surface area contributed by atoms with E-state index in [0.29, 0.717) is 19.5 Å². The summed E-state index contributed by atoms with van der Waals surface area (Å²) in [4.78, 5) is 11.9. The second-order valence-electron chi connectivity index (χ2n) is 5.64. The number of ether oxygens (including phenoxy) is 1. The van der Waals surface area contributed by atoms with Gasteiger partial charge in [-0.1, -0.05) is 31.5 Å². The van der Waals surface area contributed by atoms with Gasteiger partial charge in [-0.15, -0.1) is 0 Å². The lowest BCUT2D eigenvalue weighted by Gasteiger charge is -2.21. The Kier molecular flexibility index (Phi) is 5.36. The van der Waals surface area contributed by atoms with Crippen molar-refractivity contribution in [1.82, 2.24) is 5.32 Å². The summed E-state index contributed by atoms with van der Waals surface area (Å²) < 4.78 is 5.28. The smallest absolute Gasteiger partial charge is 0.220 e. The average molecular weight is 264 g/mol. The van der Waals surface area contributed by atoms with E-state index in [1.807, 2.05) is 39.0 Å². The van der Waals surface area contributed by atoms with Crippen molar-refractivity contribution < 1.29 is 9.53 Å². The van der Waals surface area contributed by atoms with Crippen LogP contribution in [0.3, 0.4) is 0 Å². The molecule has 4 heteroatoms. The molecule has 0 heterocycles. The average Bonchev–Trinajstić information content (AvgIpc) is 2.36. The highest BCUT2D eigenvalue weighted by Crippen LogP contribution is 2.20. The molecule has 1 aromatic carbocycles. The Bertz CT molecular complexity index is 442. The number of hydrogen-bond donors (Lipinski definition) is 2. The Balaban J connectivity index is 2.62. The van der Waals surface area contributed by atoms with Crippen LogP contribution in [0.15, 0.2) is 18.2 Å². The van der Waals surface area contributed by atoms with E-state index in [2.05, 4.69) is 5.32 Å². The predicted molar refractivity (Wildman–Crippen MR) is 77.0 cm³/mol. The molecule has 1 amide bonds. The Morgan fingerprint density at radius 3 is 2.68 bits per heavy atom. The standard InChI is InChI=1S/C15H24N2O2/c1-11-5-6-13(19-4)12(7-11)9-17-14(18)8-15(2,3)10-16/h5-7H,8-10,16H2,1-4H3,(H,17,18). The van der Waals surface area contributed by atoms with Crippen LogP contribution in [0.1, 0.15) is 31.4 Å². The number of carbonyl (C=O) groups is 1. The molecule has 0 aliphatic heterocycles. The zero-order valence-electron chi connectivity index (χ0n) is 12.2. The van der Waals surface area contributed by atoms with Crippen molar-refractivity contribution >= 4 is 5.91 Å². The summed E-state index contributed by atoms with van der Waals surface area (Å²) in [7, 11) is 1.63. The van der Waals surface area contributed by atoms with Gasteiger partial charge in [0.05, 0.1) is 7.11 Å². The zero-order valence-corrected chi connectivity index (χ0v) is 12.2. The second-order valence-corrected chi connectivity index (χ2v) is 5.64.